The number of nitrogens with one attached hydrogen (secondary N) is 3. The molecule has 8 heteroatoms. The number of nitrogens with zero attached hydrogens (tertiary/aromatic N) is 3. The number of aromatic nitrogens is 3. The fourth-order valence-corrected chi connectivity index (χ4v) is 2.35. The summed E-state index contributed by atoms with van der Waals surface area (Å²) >= 11 is 0. The van der Waals surface area contributed by atoms with Gasteiger partial charge in [-0.15, -0.1) is 10.2 Å². The Hall–Kier alpha value is -3.55. The lowest BCUT2D eigenvalue weighted by atomic mass is 10.1. The Morgan fingerprint density at radius 3 is 2.41 bits per heavy atom. The molecule has 0 spiro atoms. The zero-order valence-corrected chi connectivity index (χ0v) is 14.5. The number of hydrogen-bond acceptors (Lipinski definition) is 6. The van der Waals surface area contributed by atoms with Crippen LogP contribution in [0.15, 0.2) is 60.9 Å². The van der Waals surface area contributed by atoms with Crippen molar-refractivity contribution in [3.63, 3.8) is 0 Å². The average molecular weight is 366 g/mol. The highest BCUT2D eigenvalue weighted by Crippen LogP contribution is 2.13. The highest BCUT2D eigenvalue weighted by Gasteiger charge is 2.07. The number of carbonyl (C=O) groups is 1. The van der Waals surface area contributed by atoms with Crippen LogP contribution in [-0.2, 0) is 11.2 Å². The molecular weight excluding hydrogens is 347 g/mol. The van der Waals surface area contributed by atoms with E-state index in [9.17, 15) is 9.18 Å². The van der Waals surface area contributed by atoms with Gasteiger partial charge in [-0.05, 0) is 35.9 Å². The van der Waals surface area contributed by atoms with Crippen molar-refractivity contribution < 1.29 is 9.18 Å². The molecule has 0 radical (unpaired) electrons. The van der Waals surface area contributed by atoms with Gasteiger partial charge in [0.2, 0.25) is 5.91 Å². The third kappa shape index (κ3) is 5.74. The molecule has 1 aromatic carbocycles. The second kappa shape index (κ2) is 9.23. The van der Waals surface area contributed by atoms with Gasteiger partial charge in [-0.1, -0.05) is 18.2 Å². The van der Waals surface area contributed by atoms with E-state index in [0.717, 1.165) is 5.69 Å². The van der Waals surface area contributed by atoms with Crippen LogP contribution in [0.4, 0.5) is 21.7 Å². The van der Waals surface area contributed by atoms with Gasteiger partial charge in [-0.25, -0.2) is 4.39 Å². The van der Waals surface area contributed by atoms with Gasteiger partial charge in [0.05, 0.1) is 6.42 Å². The molecule has 0 atom stereocenters. The van der Waals surface area contributed by atoms with Crippen LogP contribution in [0.25, 0.3) is 0 Å². The summed E-state index contributed by atoms with van der Waals surface area (Å²) in [5, 5.41) is 17.1. The maximum Gasteiger partial charge on any atom is 0.224 e. The highest BCUT2D eigenvalue weighted by molar-refractivity contribution is 5.78. The third-order valence-electron chi connectivity index (χ3n) is 3.68. The Bertz CT molecular complexity index is 873. The van der Waals surface area contributed by atoms with E-state index >= 15 is 0 Å². The molecule has 0 saturated heterocycles. The fraction of sp³-hybridized carbons (Fsp3) is 0.158. The maximum absolute atomic E-state index is 13.5. The molecule has 0 aliphatic rings. The molecule has 0 bridgehead atoms. The fourth-order valence-electron chi connectivity index (χ4n) is 2.35. The molecule has 7 nitrogen and oxygen atoms in total. The van der Waals surface area contributed by atoms with Crippen molar-refractivity contribution in [1.29, 1.82) is 0 Å². The van der Waals surface area contributed by atoms with Gasteiger partial charge in [0, 0.05) is 31.2 Å². The first-order valence-electron chi connectivity index (χ1n) is 8.45. The van der Waals surface area contributed by atoms with Gasteiger partial charge in [0.25, 0.3) is 0 Å². The first-order valence-corrected chi connectivity index (χ1v) is 8.45. The van der Waals surface area contributed by atoms with Crippen molar-refractivity contribution in [2.24, 2.45) is 0 Å². The van der Waals surface area contributed by atoms with Crippen LogP contribution >= 0.6 is 0 Å². The van der Waals surface area contributed by atoms with E-state index in [2.05, 4.69) is 31.1 Å². The summed E-state index contributed by atoms with van der Waals surface area (Å²) in [6.07, 6.45) is 3.39. The number of hydrogen-bond donors (Lipinski definition) is 3. The number of pyridine rings is 1. The lowest BCUT2D eigenvalue weighted by Crippen LogP contribution is -2.30. The normalized spacial score (nSPS) is 10.3. The summed E-state index contributed by atoms with van der Waals surface area (Å²) in [5.41, 5.74) is 1.25. The molecule has 0 saturated carbocycles. The van der Waals surface area contributed by atoms with E-state index in [1.165, 1.54) is 6.07 Å². The summed E-state index contributed by atoms with van der Waals surface area (Å²) in [6, 6.07) is 13.5. The summed E-state index contributed by atoms with van der Waals surface area (Å²) in [6.45, 7) is 0.876. The predicted octanol–water partition coefficient (Wildman–Crippen LogP) is 2.53. The SMILES string of the molecule is O=C(Cc1ccccc1F)NCCNc1ccc(Nc2ccncc2)nn1. The number of amides is 1. The summed E-state index contributed by atoms with van der Waals surface area (Å²) in [5.74, 6) is 0.606. The Morgan fingerprint density at radius 2 is 1.67 bits per heavy atom. The number of rotatable bonds is 8. The molecule has 3 N–H and O–H groups in total. The van der Waals surface area contributed by atoms with Gasteiger partial charge >= 0.3 is 0 Å². The molecule has 0 unspecified atom stereocenters. The van der Waals surface area contributed by atoms with E-state index in [4.69, 9.17) is 0 Å². The standard InChI is InChI=1S/C19H19FN6O/c20-16-4-2-1-3-14(16)13-19(27)23-12-11-22-17-5-6-18(26-25-17)24-15-7-9-21-10-8-15/h1-10H,11-13H2,(H,22,25)(H,23,27)(H,21,24,26). The first-order chi connectivity index (χ1) is 13.2. The van der Waals surface area contributed by atoms with E-state index in [0.29, 0.717) is 30.3 Å². The minimum Gasteiger partial charge on any atom is -0.367 e. The molecule has 3 rings (SSSR count). The number of anilines is 3. The van der Waals surface area contributed by atoms with Gasteiger partial charge in [0.15, 0.2) is 5.82 Å². The second-order valence-corrected chi connectivity index (χ2v) is 5.71. The second-order valence-electron chi connectivity index (χ2n) is 5.71. The largest absolute Gasteiger partial charge is 0.367 e. The monoisotopic (exact) mass is 366 g/mol. The van der Waals surface area contributed by atoms with Gasteiger partial charge in [0.1, 0.15) is 11.6 Å². The molecule has 2 heterocycles. The third-order valence-corrected chi connectivity index (χ3v) is 3.68. The molecule has 3 aromatic rings. The Kier molecular flexibility index (Phi) is 6.24. The smallest absolute Gasteiger partial charge is 0.224 e. The van der Waals surface area contributed by atoms with Crippen molar-refractivity contribution in [3.8, 4) is 0 Å². The number of benzene rings is 1. The van der Waals surface area contributed by atoms with Crippen molar-refractivity contribution in [2.45, 2.75) is 6.42 Å². The summed E-state index contributed by atoms with van der Waals surface area (Å²) < 4.78 is 13.5. The molecule has 2 aromatic heterocycles. The number of carbonyl (C=O) groups excluding carboxylic acids is 1. The summed E-state index contributed by atoms with van der Waals surface area (Å²) in [4.78, 5) is 15.8. The molecule has 138 valence electrons. The molecule has 1 amide bonds. The van der Waals surface area contributed by atoms with Crippen LogP contribution in [0.1, 0.15) is 5.56 Å². The van der Waals surface area contributed by atoms with Crippen molar-refractivity contribution in [1.82, 2.24) is 20.5 Å². The van der Waals surface area contributed by atoms with Crippen molar-refractivity contribution in [2.75, 3.05) is 23.7 Å². The Labute approximate surface area is 156 Å². The van der Waals surface area contributed by atoms with Crippen LogP contribution in [0.3, 0.4) is 0 Å². The van der Waals surface area contributed by atoms with Gasteiger partial charge < -0.3 is 16.0 Å². The van der Waals surface area contributed by atoms with E-state index < -0.39 is 0 Å². The van der Waals surface area contributed by atoms with Crippen LogP contribution in [0.2, 0.25) is 0 Å². The maximum atomic E-state index is 13.5. The Morgan fingerprint density at radius 1 is 0.926 bits per heavy atom. The highest BCUT2D eigenvalue weighted by atomic mass is 19.1. The minimum atomic E-state index is -0.374. The molecule has 0 aliphatic heterocycles. The number of halogens is 1. The van der Waals surface area contributed by atoms with E-state index in [1.807, 2.05) is 12.1 Å². The van der Waals surface area contributed by atoms with Gasteiger partial charge in [-0.2, -0.15) is 0 Å². The summed E-state index contributed by atoms with van der Waals surface area (Å²) in [7, 11) is 0. The van der Waals surface area contributed by atoms with Crippen LogP contribution in [0, 0.1) is 5.82 Å². The molecule has 0 aliphatic carbocycles. The van der Waals surface area contributed by atoms with Crippen LogP contribution < -0.4 is 16.0 Å². The average Bonchev–Trinajstić information content (AvgIpc) is 2.69. The van der Waals surface area contributed by atoms with Crippen molar-refractivity contribution >= 4 is 23.2 Å². The van der Waals surface area contributed by atoms with Crippen LogP contribution in [-0.4, -0.2) is 34.2 Å². The molecular formula is C19H19FN6O. The minimum absolute atomic E-state index is 0.0157. The molecule has 27 heavy (non-hydrogen) atoms. The zero-order valence-electron chi connectivity index (χ0n) is 14.5. The van der Waals surface area contributed by atoms with E-state index in [1.54, 1.807) is 42.7 Å². The zero-order chi connectivity index (χ0) is 18.9. The van der Waals surface area contributed by atoms with Crippen molar-refractivity contribution in [3.05, 3.63) is 72.3 Å². The lowest BCUT2D eigenvalue weighted by Gasteiger charge is -2.08. The topological polar surface area (TPSA) is 91.8 Å². The van der Waals surface area contributed by atoms with E-state index in [-0.39, 0.29) is 18.1 Å². The first kappa shape index (κ1) is 18.2. The van der Waals surface area contributed by atoms with Gasteiger partial charge in [-0.3, -0.25) is 9.78 Å². The van der Waals surface area contributed by atoms with Crippen LogP contribution in [0.5, 0.6) is 0 Å². The Balaban J connectivity index is 1.39. The molecule has 0 fully saturated rings. The quantitative estimate of drug-likeness (QED) is 0.531. The lowest BCUT2D eigenvalue weighted by molar-refractivity contribution is -0.120. The predicted molar refractivity (Wildman–Crippen MR) is 101 cm³/mol.